The van der Waals surface area contributed by atoms with Gasteiger partial charge in [-0.25, -0.2) is 9.97 Å². The maximum atomic E-state index is 5.67. The van der Waals surface area contributed by atoms with Crippen molar-refractivity contribution in [2.75, 3.05) is 11.9 Å². The second-order valence-corrected chi connectivity index (χ2v) is 4.73. The number of anilines is 1. The molecule has 0 bridgehead atoms. The van der Waals surface area contributed by atoms with Gasteiger partial charge in [-0.1, -0.05) is 18.2 Å². The predicted molar refractivity (Wildman–Crippen MR) is 74.6 cm³/mol. The van der Waals surface area contributed by atoms with Gasteiger partial charge in [0, 0.05) is 12.0 Å². The average molecular weight is 267 g/mol. The molecule has 0 amide bonds. The van der Waals surface area contributed by atoms with Gasteiger partial charge in [-0.05, 0) is 6.07 Å². The Labute approximate surface area is 115 Å². The predicted octanol–water partition coefficient (Wildman–Crippen LogP) is 2.29. The quantitative estimate of drug-likeness (QED) is 0.745. The number of para-hydroxylation sites is 1. The van der Waals surface area contributed by atoms with Gasteiger partial charge in [0.25, 0.3) is 0 Å². The van der Waals surface area contributed by atoms with Gasteiger partial charge in [-0.15, -0.1) is 0 Å². The van der Waals surface area contributed by atoms with E-state index in [1.54, 1.807) is 6.20 Å². The summed E-state index contributed by atoms with van der Waals surface area (Å²) in [6.45, 7) is 0.703. The number of nitrogens with zero attached hydrogens (tertiary/aromatic N) is 3. The van der Waals surface area contributed by atoms with E-state index in [1.807, 2.05) is 18.2 Å². The highest BCUT2D eigenvalue weighted by molar-refractivity contribution is 5.85. The molecule has 6 nitrogen and oxygen atoms in total. The lowest BCUT2D eigenvalue weighted by molar-refractivity contribution is 0.274. The molecule has 1 aliphatic heterocycles. The first-order valence-corrected chi connectivity index (χ1v) is 6.54. The van der Waals surface area contributed by atoms with Gasteiger partial charge in [0.2, 0.25) is 0 Å². The summed E-state index contributed by atoms with van der Waals surface area (Å²) in [5, 5.41) is 11.2. The molecule has 1 atom stereocenters. The molecule has 1 aromatic carbocycles. The van der Waals surface area contributed by atoms with Crippen LogP contribution in [-0.2, 0) is 0 Å². The first kappa shape index (κ1) is 11.2. The minimum Gasteiger partial charge on any atom is -0.493 e. The number of H-pyrrole nitrogens is 1. The summed E-state index contributed by atoms with van der Waals surface area (Å²) in [5.74, 6) is 1.74. The normalized spacial score (nSPS) is 17.5. The summed E-state index contributed by atoms with van der Waals surface area (Å²) in [4.78, 5) is 8.47. The van der Waals surface area contributed by atoms with E-state index in [9.17, 15) is 0 Å². The van der Waals surface area contributed by atoms with Crippen LogP contribution in [0, 0.1) is 0 Å². The van der Waals surface area contributed by atoms with Crippen LogP contribution in [0.1, 0.15) is 18.0 Å². The molecule has 0 spiro atoms. The monoisotopic (exact) mass is 267 g/mol. The maximum Gasteiger partial charge on any atom is 0.160 e. The maximum absolute atomic E-state index is 5.67. The first-order valence-electron chi connectivity index (χ1n) is 6.54. The van der Waals surface area contributed by atoms with Crippen molar-refractivity contribution in [3.63, 3.8) is 0 Å². The van der Waals surface area contributed by atoms with Gasteiger partial charge < -0.3 is 10.1 Å². The zero-order valence-electron chi connectivity index (χ0n) is 10.7. The van der Waals surface area contributed by atoms with Crippen LogP contribution in [0.2, 0.25) is 0 Å². The van der Waals surface area contributed by atoms with E-state index >= 15 is 0 Å². The number of hydrogen-bond acceptors (Lipinski definition) is 5. The summed E-state index contributed by atoms with van der Waals surface area (Å²) in [7, 11) is 0. The average Bonchev–Trinajstić information content (AvgIpc) is 2.97. The molecule has 0 fully saturated rings. The van der Waals surface area contributed by atoms with Crippen LogP contribution in [0.25, 0.3) is 11.0 Å². The Balaban J connectivity index is 1.72. The Bertz CT molecular complexity index is 754. The molecule has 1 aliphatic rings. The number of rotatable bonds is 2. The molecule has 0 saturated heterocycles. The van der Waals surface area contributed by atoms with Gasteiger partial charge in [0.15, 0.2) is 5.65 Å². The van der Waals surface area contributed by atoms with Crippen LogP contribution in [0.4, 0.5) is 5.82 Å². The summed E-state index contributed by atoms with van der Waals surface area (Å²) >= 11 is 0. The smallest absolute Gasteiger partial charge is 0.160 e. The van der Waals surface area contributed by atoms with Crippen molar-refractivity contribution in [1.82, 2.24) is 20.2 Å². The van der Waals surface area contributed by atoms with E-state index in [1.165, 1.54) is 6.33 Å². The molecule has 20 heavy (non-hydrogen) atoms. The molecule has 100 valence electrons. The van der Waals surface area contributed by atoms with Crippen molar-refractivity contribution in [3.05, 3.63) is 42.4 Å². The van der Waals surface area contributed by atoms with Gasteiger partial charge >= 0.3 is 0 Å². The van der Waals surface area contributed by atoms with Crippen molar-refractivity contribution in [1.29, 1.82) is 0 Å². The van der Waals surface area contributed by atoms with E-state index in [-0.39, 0.29) is 6.04 Å². The third-order valence-corrected chi connectivity index (χ3v) is 3.52. The largest absolute Gasteiger partial charge is 0.493 e. The molecule has 1 unspecified atom stereocenters. The summed E-state index contributed by atoms with van der Waals surface area (Å²) in [5.41, 5.74) is 1.90. The van der Waals surface area contributed by atoms with Gasteiger partial charge in [-0.3, -0.25) is 5.10 Å². The van der Waals surface area contributed by atoms with Crippen LogP contribution in [0.3, 0.4) is 0 Å². The van der Waals surface area contributed by atoms with Crippen LogP contribution >= 0.6 is 0 Å². The number of aromatic nitrogens is 4. The Hall–Kier alpha value is -2.63. The summed E-state index contributed by atoms with van der Waals surface area (Å²) < 4.78 is 5.67. The summed E-state index contributed by atoms with van der Waals surface area (Å²) in [6, 6.07) is 8.28. The number of ether oxygens (including phenoxy) is 1. The SMILES string of the molecule is c1ccc2c(c1)OCCC2Nc1ncnc2[nH]ncc12. The highest BCUT2D eigenvalue weighted by Gasteiger charge is 2.22. The van der Waals surface area contributed by atoms with Crippen molar-refractivity contribution in [2.45, 2.75) is 12.5 Å². The van der Waals surface area contributed by atoms with Crippen molar-refractivity contribution >= 4 is 16.9 Å². The third kappa shape index (κ3) is 1.77. The lowest BCUT2D eigenvalue weighted by atomic mass is 10.0. The Kier molecular flexibility index (Phi) is 2.51. The van der Waals surface area contributed by atoms with Crippen LogP contribution in [-0.4, -0.2) is 26.8 Å². The molecule has 0 radical (unpaired) electrons. The second-order valence-electron chi connectivity index (χ2n) is 4.73. The molecule has 4 rings (SSSR count). The highest BCUT2D eigenvalue weighted by Crippen LogP contribution is 2.34. The van der Waals surface area contributed by atoms with Crippen LogP contribution < -0.4 is 10.1 Å². The van der Waals surface area contributed by atoms with E-state index in [0.717, 1.165) is 34.6 Å². The van der Waals surface area contributed by atoms with E-state index in [4.69, 9.17) is 4.74 Å². The van der Waals surface area contributed by atoms with E-state index in [2.05, 4.69) is 31.5 Å². The fraction of sp³-hybridized carbons (Fsp3) is 0.214. The fourth-order valence-electron chi connectivity index (χ4n) is 2.54. The van der Waals surface area contributed by atoms with Crippen molar-refractivity contribution in [2.24, 2.45) is 0 Å². The van der Waals surface area contributed by atoms with Gasteiger partial charge in [0.1, 0.15) is 17.9 Å². The van der Waals surface area contributed by atoms with Gasteiger partial charge in [0.05, 0.1) is 24.2 Å². The second kappa shape index (κ2) is 4.48. The molecule has 0 saturated carbocycles. The fourth-order valence-corrected chi connectivity index (χ4v) is 2.54. The van der Waals surface area contributed by atoms with E-state index in [0.29, 0.717) is 6.61 Å². The number of benzene rings is 1. The Morgan fingerprint density at radius 2 is 2.20 bits per heavy atom. The Morgan fingerprint density at radius 1 is 1.25 bits per heavy atom. The summed E-state index contributed by atoms with van der Waals surface area (Å²) in [6.07, 6.45) is 4.18. The zero-order valence-corrected chi connectivity index (χ0v) is 10.7. The first-order chi connectivity index (χ1) is 9.92. The molecular formula is C14H13N5O. The minimum atomic E-state index is 0.188. The molecule has 6 heteroatoms. The molecule has 2 N–H and O–H groups in total. The number of fused-ring (bicyclic) bond motifs is 2. The Morgan fingerprint density at radius 3 is 3.20 bits per heavy atom. The highest BCUT2D eigenvalue weighted by atomic mass is 16.5. The standard InChI is InChI=1S/C14H13N5O/c1-2-4-12-9(3-1)11(5-6-20-12)18-13-10-7-17-19-14(10)16-8-15-13/h1-4,7-8,11H,5-6H2,(H2,15,16,17,18,19). The minimum absolute atomic E-state index is 0.188. The number of nitrogens with one attached hydrogen (secondary N) is 2. The van der Waals surface area contributed by atoms with Gasteiger partial charge in [-0.2, -0.15) is 5.10 Å². The molecule has 2 aromatic heterocycles. The number of hydrogen-bond donors (Lipinski definition) is 2. The molecule has 3 heterocycles. The molecule has 0 aliphatic carbocycles. The topological polar surface area (TPSA) is 75.7 Å². The lowest BCUT2D eigenvalue weighted by Gasteiger charge is -2.27. The third-order valence-electron chi connectivity index (χ3n) is 3.52. The van der Waals surface area contributed by atoms with Crippen molar-refractivity contribution in [3.8, 4) is 5.75 Å². The van der Waals surface area contributed by atoms with Crippen molar-refractivity contribution < 1.29 is 4.74 Å². The lowest BCUT2D eigenvalue weighted by Crippen LogP contribution is -2.20. The number of aromatic amines is 1. The van der Waals surface area contributed by atoms with E-state index < -0.39 is 0 Å². The van der Waals surface area contributed by atoms with Crippen LogP contribution in [0.15, 0.2) is 36.8 Å². The van der Waals surface area contributed by atoms with Crippen LogP contribution in [0.5, 0.6) is 5.75 Å². The molecule has 3 aromatic rings. The molecular weight excluding hydrogens is 254 g/mol. The zero-order chi connectivity index (χ0) is 13.4.